The molecule has 2 rings (SSSR count). The van der Waals surface area contributed by atoms with Crippen LogP contribution in [0.4, 0.5) is 5.69 Å². The van der Waals surface area contributed by atoms with Crippen LogP contribution in [0.1, 0.15) is 10.6 Å². The van der Waals surface area contributed by atoms with Crippen LogP contribution in [0.5, 0.6) is 0 Å². The summed E-state index contributed by atoms with van der Waals surface area (Å²) in [6, 6.07) is 8.65. The summed E-state index contributed by atoms with van der Waals surface area (Å²) < 4.78 is 26.3. The van der Waals surface area contributed by atoms with Gasteiger partial charge in [-0.15, -0.1) is 10.2 Å². The van der Waals surface area contributed by atoms with E-state index < -0.39 is 10.0 Å². The SMILES string of the molecule is Cc1nnc(S(=O)(=O)Nc2ccc(CC#N)cc2)s1. The van der Waals surface area contributed by atoms with Crippen molar-refractivity contribution in [2.75, 3.05) is 4.72 Å². The number of sulfonamides is 1. The lowest BCUT2D eigenvalue weighted by Crippen LogP contribution is -2.12. The van der Waals surface area contributed by atoms with Crippen molar-refractivity contribution in [1.82, 2.24) is 10.2 Å². The fourth-order valence-electron chi connectivity index (χ4n) is 1.37. The third-order valence-corrected chi connectivity index (χ3v) is 4.81. The zero-order valence-corrected chi connectivity index (χ0v) is 11.6. The van der Waals surface area contributed by atoms with Gasteiger partial charge in [0.1, 0.15) is 5.01 Å². The largest absolute Gasteiger partial charge is 0.291 e. The van der Waals surface area contributed by atoms with E-state index in [9.17, 15) is 8.42 Å². The fraction of sp³-hybridized carbons (Fsp3) is 0.182. The fourth-order valence-corrected chi connectivity index (χ4v) is 3.39. The number of nitrogens with one attached hydrogen (secondary N) is 1. The molecule has 98 valence electrons. The highest BCUT2D eigenvalue weighted by Gasteiger charge is 2.19. The summed E-state index contributed by atoms with van der Waals surface area (Å²) in [5, 5.41) is 16.4. The molecular formula is C11H10N4O2S2. The van der Waals surface area contributed by atoms with Gasteiger partial charge in [0, 0.05) is 5.69 Å². The summed E-state index contributed by atoms with van der Waals surface area (Å²) >= 11 is 1.01. The zero-order valence-electron chi connectivity index (χ0n) is 9.99. The van der Waals surface area contributed by atoms with Gasteiger partial charge in [-0.05, 0) is 24.6 Å². The molecular weight excluding hydrogens is 284 g/mol. The number of hydrogen-bond acceptors (Lipinski definition) is 6. The lowest BCUT2D eigenvalue weighted by molar-refractivity contribution is 0.599. The summed E-state index contributed by atoms with van der Waals surface area (Å²) in [6.07, 6.45) is 0.294. The normalized spacial score (nSPS) is 10.9. The van der Waals surface area contributed by atoms with Crippen LogP contribution in [0.3, 0.4) is 0 Å². The van der Waals surface area contributed by atoms with E-state index in [1.807, 2.05) is 6.07 Å². The first-order chi connectivity index (χ1) is 9.01. The van der Waals surface area contributed by atoms with E-state index in [0.717, 1.165) is 16.9 Å². The van der Waals surface area contributed by atoms with Gasteiger partial charge in [-0.2, -0.15) is 13.7 Å². The summed E-state index contributed by atoms with van der Waals surface area (Å²) in [7, 11) is -3.69. The smallest absolute Gasteiger partial charge is 0.278 e. The summed E-state index contributed by atoms with van der Waals surface area (Å²) in [4.78, 5) is 0. The van der Waals surface area contributed by atoms with Crippen molar-refractivity contribution in [2.24, 2.45) is 0 Å². The molecule has 0 aliphatic rings. The average Bonchev–Trinajstić information content (AvgIpc) is 2.79. The predicted octanol–water partition coefficient (Wildman–Crippen LogP) is 1.71. The molecule has 1 heterocycles. The molecule has 0 aliphatic heterocycles. The maximum Gasteiger partial charge on any atom is 0.291 e. The lowest BCUT2D eigenvalue weighted by atomic mass is 10.1. The van der Waals surface area contributed by atoms with E-state index in [4.69, 9.17) is 5.26 Å². The number of nitrogens with zero attached hydrogens (tertiary/aromatic N) is 3. The Morgan fingerprint density at radius 1 is 1.32 bits per heavy atom. The number of rotatable bonds is 4. The van der Waals surface area contributed by atoms with E-state index in [-0.39, 0.29) is 4.34 Å². The number of aromatic nitrogens is 2. The molecule has 1 aromatic heterocycles. The molecule has 0 saturated heterocycles. The van der Waals surface area contributed by atoms with Crippen molar-refractivity contribution in [3.05, 3.63) is 34.8 Å². The number of aryl methyl sites for hydroxylation is 1. The molecule has 0 unspecified atom stereocenters. The van der Waals surface area contributed by atoms with Crippen LogP contribution in [0.2, 0.25) is 0 Å². The minimum absolute atomic E-state index is 0.0638. The van der Waals surface area contributed by atoms with E-state index in [2.05, 4.69) is 14.9 Å². The Morgan fingerprint density at radius 2 is 2.00 bits per heavy atom. The van der Waals surface area contributed by atoms with Crippen molar-refractivity contribution >= 4 is 27.0 Å². The summed E-state index contributed by atoms with van der Waals surface area (Å²) in [5.41, 5.74) is 1.26. The Morgan fingerprint density at radius 3 is 2.53 bits per heavy atom. The molecule has 2 aromatic rings. The molecule has 0 aliphatic carbocycles. The Hall–Kier alpha value is -1.98. The minimum Gasteiger partial charge on any atom is -0.278 e. The van der Waals surface area contributed by atoms with Gasteiger partial charge in [0.05, 0.1) is 12.5 Å². The number of nitriles is 1. The number of anilines is 1. The van der Waals surface area contributed by atoms with E-state index in [1.165, 1.54) is 0 Å². The number of benzene rings is 1. The topological polar surface area (TPSA) is 95.7 Å². The number of hydrogen-bond donors (Lipinski definition) is 1. The molecule has 0 saturated carbocycles. The van der Waals surface area contributed by atoms with Crippen molar-refractivity contribution in [2.45, 2.75) is 17.7 Å². The zero-order chi connectivity index (χ0) is 13.9. The van der Waals surface area contributed by atoms with Crippen LogP contribution in [-0.4, -0.2) is 18.6 Å². The first-order valence-corrected chi connectivity index (χ1v) is 7.60. The van der Waals surface area contributed by atoms with Crippen molar-refractivity contribution in [1.29, 1.82) is 5.26 Å². The Labute approximate surface area is 114 Å². The second-order valence-electron chi connectivity index (χ2n) is 3.72. The third kappa shape index (κ3) is 3.27. The highest BCUT2D eigenvalue weighted by Crippen LogP contribution is 2.19. The monoisotopic (exact) mass is 294 g/mol. The third-order valence-electron chi connectivity index (χ3n) is 2.23. The van der Waals surface area contributed by atoms with Crippen LogP contribution in [-0.2, 0) is 16.4 Å². The molecule has 0 fully saturated rings. The van der Waals surface area contributed by atoms with Gasteiger partial charge in [-0.3, -0.25) is 4.72 Å². The first-order valence-electron chi connectivity index (χ1n) is 5.30. The maximum absolute atomic E-state index is 12.0. The van der Waals surface area contributed by atoms with E-state index >= 15 is 0 Å². The second-order valence-corrected chi connectivity index (χ2v) is 6.76. The van der Waals surface area contributed by atoms with E-state index in [1.54, 1.807) is 31.2 Å². The van der Waals surface area contributed by atoms with Gasteiger partial charge < -0.3 is 0 Å². The maximum atomic E-state index is 12.0. The molecule has 0 radical (unpaired) electrons. The molecule has 0 amide bonds. The molecule has 0 atom stereocenters. The highest BCUT2D eigenvalue weighted by molar-refractivity contribution is 7.94. The van der Waals surface area contributed by atoms with Gasteiger partial charge in [-0.25, -0.2) is 0 Å². The summed E-state index contributed by atoms with van der Waals surface area (Å²) in [5.74, 6) is 0. The van der Waals surface area contributed by atoms with Crippen LogP contribution >= 0.6 is 11.3 Å². The second kappa shape index (κ2) is 5.34. The van der Waals surface area contributed by atoms with Gasteiger partial charge in [0.15, 0.2) is 0 Å². The Balaban J connectivity index is 2.19. The van der Waals surface area contributed by atoms with Gasteiger partial charge in [0.2, 0.25) is 0 Å². The van der Waals surface area contributed by atoms with Crippen molar-refractivity contribution < 1.29 is 8.42 Å². The minimum atomic E-state index is -3.69. The quantitative estimate of drug-likeness (QED) is 0.926. The Bertz CT molecular complexity index is 714. The molecule has 19 heavy (non-hydrogen) atoms. The van der Waals surface area contributed by atoms with Crippen LogP contribution < -0.4 is 4.72 Å². The standard InChI is InChI=1S/C11H10N4O2S2/c1-8-13-14-11(18-8)19(16,17)15-10-4-2-9(3-5-10)6-7-12/h2-5,15H,6H2,1H3. The summed E-state index contributed by atoms with van der Waals surface area (Å²) in [6.45, 7) is 1.69. The Kier molecular flexibility index (Phi) is 3.78. The molecule has 6 nitrogen and oxygen atoms in total. The molecule has 1 aromatic carbocycles. The lowest BCUT2D eigenvalue weighted by Gasteiger charge is -2.05. The van der Waals surface area contributed by atoms with Crippen LogP contribution in [0.15, 0.2) is 28.6 Å². The highest BCUT2D eigenvalue weighted by atomic mass is 32.2. The van der Waals surface area contributed by atoms with Gasteiger partial charge in [0.25, 0.3) is 14.4 Å². The molecule has 1 N–H and O–H groups in total. The first kappa shape index (κ1) is 13.5. The van der Waals surface area contributed by atoms with Crippen molar-refractivity contribution in [3.63, 3.8) is 0 Å². The average molecular weight is 294 g/mol. The van der Waals surface area contributed by atoms with Crippen molar-refractivity contribution in [3.8, 4) is 6.07 Å². The van der Waals surface area contributed by atoms with E-state index in [0.29, 0.717) is 17.1 Å². The molecule has 0 spiro atoms. The molecule has 0 bridgehead atoms. The van der Waals surface area contributed by atoms with Crippen LogP contribution in [0.25, 0.3) is 0 Å². The van der Waals surface area contributed by atoms with Gasteiger partial charge >= 0.3 is 0 Å². The van der Waals surface area contributed by atoms with Gasteiger partial charge in [-0.1, -0.05) is 23.5 Å². The molecule has 8 heteroatoms. The predicted molar refractivity (Wildman–Crippen MR) is 71.2 cm³/mol. The van der Waals surface area contributed by atoms with Crippen LogP contribution in [0, 0.1) is 18.3 Å².